The van der Waals surface area contributed by atoms with Gasteiger partial charge in [0.1, 0.15) is 5.75 Å². The maximum atomic E-state index is 11.3. The van der Waals surface area contributed by atoms with Gasteiger partial charge in [-0.15, -0.1) is 11.8 Å². The van der Waals surface area contributed by atoms with Crippen molar-refractivity contribution in [1.29, 1.82) is 0 Å². The van der Waals surface area contributed by atoms with Gasteiger partial charge in [-0.25, -0.2) is 0 Å². The molecule has 0 unspecified atom stereocenters. The average Bonchev–Trinajstić information content (AvgIpc) is 3.44. The van der Waals surface area contributed by atoms with E-state index in [0.29, 0.717) is 12.4 Å². The van der Waals surface area contributed by atoms with Gasteiger partial charge in [-0.2, -0.15) is 11.8 Å². The molecule has 0 bridgehead atoms. The summed E-state index contributed by atoms with van der Waals surface area (Å²) in [4.78, 5) is 23.7. The molecule has 9 heteroatoms. The quantitative estimate of drug-likeness (QED) is 0.185. The van der Waals surface area contributed by atoms with Gasteiger partial charge in [0.05, 0.1) is 6.61 Å². The number of aromatic nitrogens is 4. The van der Waals surface area contributed by atoms with Gasteiger partial charge in [0.2, 0.25) is 0 Å². The third-order valence-electron chi connectivity index (χ3n) is 5.07. The van der Waals surface area contributed by atoms with Crippen LogP contribution in [0.4, 0.5) is 0 Å². The highest BCUT2D eigenvalue weighted by atomic mass is 32.2. The van der Waals surface area contributed by atoms with E-state index < -0.39 is 0 Å². The molecule has 0 saturated heterocycles. The summed E-state index contributed by atoms with van der Waals surface area (Å²) in [6.45, 7) is 2.75. The number of H-pyrrole nitrogens is 4. The lowest BCUT2D eigenvalue weighted by molar-refractivity contribution is 0.344. The van der Waals surface area contributed by atoms with Crippen LogP contribution in [0.2, 0.25) is 0 Å². The van der Waals surface area contributed by atoms with Crippen molar-refractivity contribution in [3.05, 3.63) is 92.3 Å². The van der Waals surface area contributed by atoms with Crippen LogP contribution in [0.3, 0.4) is 0 Å². The molecule has 0 amide bonds. The van der Waals surface area contributed by atoms with Gasteiger partial charge in [0, 0.05) is 45.7 Å². The summed E-state index contributed by atoms with van der Waals surface area (Å²) in [6.07, 6.45) is 0.908. The second-order valence-corrected chi connectivity index (χ2v) is 9.54. The molecule has 33 heavy (non-hydrogen) atoms. The maximum Gasteiger partial charge on any atom is 0.264 e. The van der Waals surface area contributed by atoms with Crippen LogP contribution in [0.5, 0.6) is 5.75 Å². The highest BCUT2D eigenvalue weighted by molar-refractivity contribution is 7.98. The zero-order valence-corrected chi connectivity index (χ0v) is 19.9. The van der Waals surface area contributed by atoms with Crippen LogP contribution < -0.4 is 15.9 Å². The lowest BCUT2D eigenvalue weighted by atomic mass is 9.98. The summed E-state index contributed by atoms with van der Waals surface area (Å²) in [5.74, 6) is 3.11. The minimum Gasteiger partial charge on any atom is -0.493 e. The Morgan fingerprint density at radius 1 is 0.848 bits per heavy atom. The van der Waals surface area contributed by atoms with Gasteiger partial charge < -0.3 is 14.9 Å². The third-order valence-corrected chi connectivity index (χ3v) is 7.19. The molecule has 2 aromatic heterocycles. The van der Waals surface area contributed by atoms with Gasteiger partial charge in [-0.3, -0.25) is 19.8 Å². The van der Waals surface area contributed by atoms with Gasteiger partial charge in [-0.1, -0.05) is 31.2 Å². The van der Waals surface area contributed by atoms with Crippen LogP contribution in [0.15, 0.2) is 69.1 Å². The zero-order chi connectivity index (χ0) is 23.0. The molecule has 0 aliphatic carbocycles. The Morgan fingerprint density at radius 3 is 2.27 bits per heavy atom. The SMILES string of the molecule is CCc1c(SCc2cc(=O)[nH][nH]2)cccc1-c1cccc(OCCSCc2cc(=O)[nH][nH]2)c1. The summed E-state index contributed by atoms with van der Waals surface area (Å²) in [5, 5.41) is 10.9. The van der Waals surface area contributed by atoms with Crippen LogP contribution in [-0.2, 0) is 17.9 Å². The summed E-state index contributed by atoms with van der Waals surface area (Å²) in [5.41, 5.74) is 5.17. The number of thioether (sulfide) groups is 2. The van der Waals surface area contributed by atoms with Gasteiger partial charge in [0.15, 0.2) is 0 Å². The number of ether oxygens (including phenoxy) is 1. The molecule has 2 heterocycles. The van der Waals surface area contributed by atoms with Crippen LogP contribution >= 0.6 is 23.5 Å². The molecule has 4 aromatic rings. The Morgan fingerprint density at radius 2 is 1.58 bits per heavy atom. The van der Waals surface area contributed by atoms with Crippen molar-refractivity contribution in [1.82, 2.24) is 20.4 Å². The van der Waals surface area contributed by atoms with Crippen molar-refractivity contribution in [3.8, 4) is 16.9 Å². The number of hydrogen-bond acceptors (Lipinski definition) is 5. The number of rotatable bonds is 11. The van der Waals surface area contributed by atoms with Crippen LogP contribution in [-0.4, -0.2) is 32.8 Å². The Balaban J connectivity index is 1.39. The van der Waals surface area contributed by atoms with E-state index in [1.165, 1.54) is 16.0 Å². The van der Waals surface area contributed by atoms with Crippen molar-refractivity contribution in [2.75, 3.05) is 12.4 Å². The summed E-state index contributed by atoms with van der Waals surface area (Å²) < 4.78 is 5.98. The summed E-state index contributed by atoms with van der Waals surface area (Å²) in [6, 6.07) is 17.7. The van der Waals surface area contributed by atoms with Crippen molar-refractivity contribution in [3.63, 3.8) is 0 Å². The Labute approximate surface area is 199 Å². The van der Waals surface area contributed by atoms with E-state index in [2.05, 4.69) is 57.7 Å². The normalized spacial score (nSPS) is 11.1. The maximum absolute atomic E-state index is 11.3. The molecule has 0 aliphatic rings. The molecule has 0 aliphatic heterocycles. The predicted octanol–water partition coefficient (Wildman–Crippen LogP) is 4.55. The molecular formula is C24H26N4O3S2. The molecule has 0 atom stereocenters. The second-order valence-electron chi connectivity index (χ2n) is 7.42. The van der Waals surface area contributed by atoms with E-state index in [0.717, 1.165) is 40.6 Å². The molecule has 0 radical (unpaired) electrons. The van der Waals surface area contributed by atoms with Crippen molar-refractivity contribution in [2.45, 2.75) is 29.7 Å². The number of benzene rings is 2. The molecule has 0 spiro atoms. The Bertz CT molecular complexity index is 1310. The number of aromatic amines is 4. The topological polar surface area (TPSA) is 107 Å². The first-order valence-corrected chi connectivity index (χ1v) is 12.8. The third kappa shape index (κ3) is 6.27. The molecule has 4 rings (SSSR count). The van der Waals surface area contributed by atoms with Crippen LogP contribution in [0.1, 0.15) is 23.9 Å². The fourth-order valence-corrected chi connectivity index (χ4v) is 5.34. The van der Waals surface area contributed by atoms with Gasteiger partial charge in [-0.05, 0) is 41.3 Å². The molecule has 4 N–H and O–H groups in total. The van der Waals surface area contributed by atoms with E-state index in [1.807, 2.05) is 12.1 Å². The average molecular weight is 483 g/mol. The summed E-state index contributed by atoms with van der Waals surface area (Å²) in [7, 11) is 0. The minimum atomic E-state index is -0.107. The first-order valence-electron chi connectivity index (χ1n) is 10.7. The molecular weight excluding hydrogens is 456 g/mol. The highest BCUT2D eigenvalue weighted by Gasteiger charge is 2.11. The fraction of sp³-hybridized carbons (Fsp3) is 0.250. The molecule has 0 fully saturated rings. The largest absolute Gasteiger partial charge is 0.493 e. The van der Waals surface area contributed by atoms with Crippen molar-refractivity contribution in [2.24, 2.45) is 0 Å². The predicted molar refractivity (Wildman–Crippen MR) is 135 cm³/mol. The Kier molecular flexibility index (Phi) is 7.85. The van der Waals surface area contributed by atoms with Gasteiger partial charge in [0.25, 0.3) is 11.1 Å². The van der Waals surface area contributed by atoms with E-state index >= 15 is 0 Å². The molecule has 0 saturated carbocycles. The highest BCUT2D eigenvalue weighted by Crippen LogP contribution is 2.34. The minimum absolute atomic E-state index is 0.105. The molecule has 7 nitrogen and oxygen atoms in total. The zero-order valence-electron chi connectivity index (χ0n) is 18.3. The second kappa shape index (κ2) is 11.2. The van der Waals surface area contributed by atoms with Crippen LogP contribution in [0, 0.1) is 0 Å². The standard InChI is InChI=1S/C24H26N4O3S2/c1-2-20-21(7-4-8-22(20)33-15-18-13-24(30)28-26-18)16-5-3-6-19(11-16)31-9-10-32-14-17-12-23(29)27-25-17/h3-8,11-13H,2,9-10,14-15H2,1H3,(H2,25,27,29)(H2,26,28,30). The van der Waals surface area contributed by atoms with Crippen molar-refractivity contribution < 1.29 is 4.74 Å². The van der Waals surface area contributed by atoms with E-state index in [-0.39, 0.29) is 11.1 Å². The molecule has 172 valence electrons. The van der Waals surface area contributed by atoms with Crippen molar-refractivity contribution >= 4 is 23.5 Å². The lowest BCUT2D eigenvalue weighted by Crippen LogP contribution is -2.01. The lowest BCUT2D eigenvalue weighted by Gasteiger charge is -2.14. The Hall–Kier alpha value is -3.04. The number of hydrogen-bond donors (Lipinski definition) is 4. The van der Waals surface area contributed by atoms with E-state index in [9.17, 15) is 9.59 Å². The smallest absolute Gasteiger partial charge is 0.264 e. The first-order chi connectivity index (χ1) is 16.1. The summed E-state index contributed by atoms with van der Waals surface area (Å²) >= 11 is 3.43. The van der Waals surface area contributed by atoms with E-state index in [4.69, 9.17) is 4.74 Å². The van der Waals surface area contributed by atoms with E-state index in [1.54, 1.807) is 35.7 Å². The van der Waals surface area contributed by atoms with Crippen LogP contribution in [0.25, 0.3) is 11.1 Å². The molecule has 2 aromatic carbocycles. The monoisotopic (exact) mass is 482 g/mol. The van der Waals surface area contributed by atoms with Gasteiger partial charge >= 0.3 is 0 Å². The first kappa shape index (κ1) is 23.1. The number of nitrogens with one attached hydrogen (secondary N) is 4. The fourth-order valence-electron chi connectivity index (χ4n) is 3.55.